The van der Waals surface area contributed by atoms with Crippen molar-refractivity contribution in [3.8, 4) is 0 Å². The van der Waals surface area contributed by atoms with Gasteiger partial charge in [0.25, 0.3) is 5.91 Å². The first-order chi connectivity index (χ1) is 9.50. The number of rotatable bonds is 2. The van der Waals surface area contributed by atoms with Crippen molar-refractivity contribution in [3.63, 3.8) is 0 Å². The molecule has 1 saturated heterocycles. The quantitative estimate of drug-likeness (QED) is 0.880. The summed E-state index contributed by atoms with van der Waals surface area (Å²) in [5.74, 6) is -0.234. The second kappa shape index (κ2) is 6.24. The van der Waals surface area contributed by atoms with Gasteiger partial charge >= 0.3 is 0 Å². The van der Waals surface area contributed by atoms with E-state index in [0.717, 1.165) is 0 Å². The number of carbonyl (C=O) groups excluding carboxylic acids is 2. The van der Waals surface area contributed by atoms with Gasteiger partial charge in [0, 0.05) is 44.3 Å². The topological polar surface area (TPSA) is 52.7 Å². The average Bonchev–Trinajstić information content (AvgIpc) is 2.45. The van der Waals surface area contributed by atoms with Crippen molar-refractivity contribution in [2.75, 3.05) is 33.7 Å². The van der Waals surface area contributed by atoms with Crippen LogP contribution in [0.25, 0.3) is 0 Å². The molecule has 1 unspecified atom stereocenters. The molecule has 0 spiro atoms. The van der Waals surface area contributed by atoms with E-state index in [-0.39, 0.29) is 11.8 Å². The summed E-state index contributed by atoms with van der Waals surface area (Å²) in [6.45, 7) is 1.67. The van der Waals surface area contributed by atoms with Gasteiger partial charge in [-0.1, -0.05) is 17.7 Å². The molecule has 2 amide bonds. The summed E-state index contributed by atoms with van der Waals surface area (Å²) in [5, 5.41) is 3.67. The van der Waals surface area contributed by atoms with Crippen LogP contribution in [0.4, 0.5) is 0 Å². The van der Waals surface area contributed by atoms with Gasteiger partial charge in [-0.15, -0.1) is 0 Å². The van der Waals surface area contributed by atoms with Gasteiger partial charge in [-0.25, -0.2) is 0 Å². The summed E-state index contributed by atoms with van der Waals surface area (Å²) in [5.41, 5.74) is 0.510. The summed E-state index contributed by atoms with van der Waals surface area (Å²) >= 11 is 5.92. The maximum atomic E-state index is 12.6. The largest absolute Gasteiger partial charge is 0.347 e. The molecule has 5 nitrogen and oxygen atoms in total. The van der Waals surface area contributed by atoms with E-state index in [1.807, 2.05) is 0 Å². The lowest BCUT2D eigenvalue weighted by atomic mass is 10.1. The molecule has 1 atom stereocenters. The van der Waals surface area contributed by atoms with Crippen LogP contribution in [0.2, 0.25) is 5.02 Å². The van der Waals surface area contributed by atoms with Gasteiger partial charge in [0.2, 0.25) is 5.91 Å². The maximum absolute atomic E-state index is 12.6. The summed E-state index contributed by atoms with van der Waals surface area (Å²) in [6.07, 6.45) is 0. The highest BCUT2D eigenvalue weighted by atomic mass is 35.5. The molecule has 108 valence electrons. The highest BCUT2D eigenvalue weighted by Crippen LogP contribution is 2.16. The molecule has 20 heavy (non-hydrogen) atoms. The van der Waals surface area contributed by atoms with E-state index >= 15 is 0 Å². The molecule has 1 aliphatic heterocycles. The monoisotopic (exact) mass is 295 g/mol. The fourth-order valence-corrected chi connectivity index (χ4v) is 2.44. The molecule has 0 aliphatic carbocycles. The normalized spacial score (nSPS) is 18.8. The number of hydrogen-bond acceptors (Lipinski definition) is 3. The minimum absolute atomic E-state index is 0.0763. The van der Waals surface area contributed by atoms with Gasteiger partial charge in [-0.2, -0.15) is 0 Å². The second-order valence-corrected chi connectivity index (χ2v) is 5.40. The number of benzene rings is 1. The van der Waals surface area contributed by atoms with E-state index in [4.69, 9.17) is 11.6 Å². The molecule has 1 fully saturated rings. The molecule has 2 rings (SSSR count). The number of likely N-dealkylation sites (N-methyl/N-ethyl adjacent to an activating group) is 1. The van der Waals surface area contributed by atoms with Gasteiger partial charge in [0.1, 0.15) is 6.04 Å². The minimum atomic E-state index is -0.467. The van der Waals surface area contributed by atoms with Crippen LogP contribution in [0.15, 0.2) is 24.3 Å². The molecule has 0 bridgehead atoms. The second-order valence-electron chi connectivity index (χ2n) is 4.96. The zero-order chi connectivity index (χ0) is 14.7. The van der Waals surface area contributed by atoms with Crippen molar-refractivity contribution in [1.29, 1.82) is 0 Å². The minimum Gasteiger partial charge on any atom is -0.347 e. The summed E-state index contributed by atoms with van der Waals surface area (Å²) < 4.78 is 0. The van der Waals surface area contributed by atoms with E-state index < -0.39 is 6.04 Å². The van der Waals surface area contributed by atoms with Crippen LogP contribution in [0, 0.1) is 0 Å². The van der Waals surface area contributed by atoms with Crippen LogP contribution in [-0.4, -0.2) is 61.4 Å². The Morgan fingerprint density at radius 1 is 1.40 bits per heavy atom. The van der Waals surface area contributed by atoms with Crippen LogP contribution in [0.1, 0.15) is 10.4 Å². The number of piperazine rings is 1. The molecule has 1 N–H and O–H groups in total. The predicted octanol–water partition coefficient (Wildman–Crippen LogP) is 0.842. The Kier molecular flexibility index (Phi) is 4.62. The first kappa shape index (κ1) is 14.8. The lowest BCUT2D eigenvalue weighted by Crippen LogP contribution is -2.59. The molecule has 0 saturated carbocycles. The van der Waals surface area contributed by atoms with Crippen molar-refractivity contribution in [3.05, 3.63) is 34.9 Å². The van der Waals surface area contributed by atoms with Gasteiger partial charge in [0.05, 0.1) is 0 Å². The van der Waals surface area contributed by atoms with E-state index in [9.17, 15) is 9.59 Å². The Balaban J connectivity index is 2.23. The number of carbonyl (C=O) groups is 2. The van der Waals surface area contributed by atoms with Crippen LogP contribution in [0.5, 0.6) is 0 Å². The molecule has 1 aromatic carbocycles. The third kappa shape index (κ3) is 3.11. The molecule has 1 aliphatic rings. The molecule has 1 heterocycles. The predicted molar refractivity (Wildman–Crippen MR) is 77.8 cm³/mol. The van der Waals surface area contributed by atoms with Crippen LogP contribution < -0.4 is 5.32 Å². The highest BCUT2D eigenvalue weighted by molar-refractivity contribution is 6.31. The van der Waals surface area contributed by atoms with Crippen molar-refractivity contribution >= 4 is 23.4 Å². The van der Waals surface area contributed by atoms with Crippen molar-refractivity contribution in [2.45, 2.75) is 6.04 Å². The lowest BCUT2D eigenvalue weighted by molar-refractivity contribution is -0.134. The maximum Gasteiger partial charge on any atom is 0.254 e. The molecule has 6 heteroatoms. The third-order valence-corrected chi connectivity index (χ3v) is 3.54. The Hall–Kier alpha value is -1.59. The van der Waals surface area contributed by atoms with Gasteiger partial charge in [0.15, 0.2) is 0 Å². The summed E-state index contributed by atoms with van der Waals surface area (Å²) in [7, 11) is 3.39. The fourth-order valence-electron chi connectivity index (χ4n) is 2.25. The van der Waals surface area contributed by atoms with Gasteiger partial charge in [-0.3, -0.25) is 9.59 Å². The summed E-state index contributed by atoms with van der Waals surface area (Å²) in [4.78, 5) is 27.9. The number of amides is 2. The Morgan fingerprint density at radius 2 is 2.15 bits per heavy atom. The first-order valence-corrected chi connectivity index (χ1v) is 6.87. The van der Waals surface area contributed by atoms with Crippen LogP contribution in [-0.2, 0) is 4.79 Å². The van der Waals surface area contributed by atoms with Crippen molar-refractivity contribution in [1.82, 2.24) is 15.1 Å². The zero-order valence-corrected chi connectivity index (χ0v) is 12.4. The summed E-state index contributed by atoms with van der Waals surface area (Å²) in [6, 6.07) is 6.33. The van der Waals surface area contributed by atoms with Crippen LogP contribution in [0.3, 0.4) is 0 Å². The van der Waals surface area contributed by atoms with E-state index in [0.29, 0.717) is 30.2 Å². The average molecular weight is 296 g/mol. The first-order valence-electron chi connectivity index (χ1n) is 6.49. The van der Waals surface area contributed by atoms with Crippen molar-refractivity contribution in [2.24, 2.45) is 0 Å². The van der Waals surface area contributed by atoms with E-state index in [1.165, 1.54) is 4.90 Å². The highest BCUT2D eigenvalue weighted by Gasteiger charge is 2.33. The number of halogens is 1. The van der Waals surface area contributed by atoms with Crippen LogP contribution >= 0.6 is 11.6 Å². The molecule has 1 aromatic rings. The molecule has 0 radical (unpaired) electrons. The smallest absolute Gasteiger partial charge is 0.254 e. The van der Waals surface area contributed by atoms with Gasteiger partial charge in [-0.05, 0) is 18.2 Å². The SMILES string of the molecule is CN(C)C(=O)C1CNCCN1C(=O)c1cccc(Cl)c1. The molecule has 0 aromatic heterocycles. The number of hydrogen-bond donors (Lipinski definition) is 1. The fraction of sp³-hybridized carbons (Fsp3) is 0.429. The standard InChI is InChI=1S/C14H18ClN3O2/c1-17(2)14(20)12-9-16-6-7-18(12)13(19)10-4-3-5-11(15)8-10/h3-5,8,12,16H,6-7,9H2,1-2H3. The van der Waals surface area contributed by atoms with E-state index in [1.54, 1.807) is 43.3 Å². The Morgan fingerprint density at radius 3 is 2.80 bits per heavy atom. The number of nitrogens with zero attached hydrogens (tertiary/aromatic N) is 2. The Labute approximate surface area is 123 Å². The van der Waals surface area contributed by atoms with Crippen molar-refractivity contribution < 1.29 is 9.59 Å². The lowest BCUT2D eigenvalue weighted by Gasteiger charge is -2.36. The molecular formula is C14H18ClN3O2. The molecular weight excluding hydrogens is 278 g/mol. The third-order valence-electron chi connectivity index (χ3n) is 3.30. The Bertz CT molecular complexity index is 519. The van der Waals surface area contributed by atoms with Gasteiger partial charge < -0.3 is 15.1 Å². The van der Waals surface area contributed by atoms with E-state index in [2.05, 4.69) is 5.32 Å². The number of nitrogens with one attached hydrogen (secondary N) is 1. The zero-order valence-electron chi connectivity index (χ0n) is 11.6.